The number of benzene rings is 1. The standard InChI is InChI=1S/C19H26N2O4/c1-20(2)9-8-14-13-21(18-12-16(23-3)6-7-17(14)18)19(22)25-11-10-24-15-4-5-15/h6-7,12-13,15H,4-5,8-11H2,1-3H3. The summed E-state index contributed by atoms with van der Waals surface area (Å²) in [7, 11) is 5.70. The van der Waals surface area contributed by atoms with Crippen molar-refractivity contribution in [2.24, 2.45) is 0 Å². The Morgan fingerprint density at radius 2 is 2.08 bits per heavy atom. The first-order valence-electron chi connectivity index (χ1n) is 8.70. The van der Waals surface area contributed by atoms with E-state index in [0.717, 1.165) is 48.0 Å². The van der Waals surface area contributed by atoms with Gasteiger partial charge in [0.2, 0.25) is 0 Å². The van der Waals surface area contributed by atoms with E-state index in [0.29, 0.717) is 12.7 Å². The summed E-state index contributed by atoms with van der Waals surface area (Å²) < 4.78 is 17.8. The molecule has 25 heavy (non-hydrogen) atoms. The highest BCUT2D eigenvalue weighted by Gasteiger charge is 2.22. The smallest absolute Gasteiger partial charge is 0.418 e. The zero-order chi connectivity index (χ0) is 17.8. The molecular formula is C19H26N2O4. The highest BCUT2D eigenvalue weighted by atomic mass is 16.6. The minimum atomic E-state index is -0.381. The van der Waals surface area contributed by atoms with Crippen LogP contribution in [-0.2, 0) is 15.9 Å². The highest BCUT2D eigenvalue weighted by Crippen LogP contribution is 2.27. The van der Waals surface area contributed by atoms with Crippen molar-refractivity contribution in [3.05, 3.63) is 30.0 Å². The van der Waals surface area contributed by atoms with Crippen LogP contribution in [0.15, 0.2) is 24.4 Å². The molecule has 0 saturated heterocycles. The minimum Gasteiger partial charge on any atom is -0.497 e. The molecule has 1 aliphatic rings. The van der Waals surface area contributed by atoms with Crippen molar-refractivity contribution in [1.29, 1.82) is 0 Å². The Balaban J connectivity index is 1.77. The molecular weight excluding hydrogens is 320 g/mol. The fourth-order valence-corrected chi connectivity index (χ4v) is 2.75. The topological polar surface area (TPSA) is 52.9 Å². The second kappa shape index (κ2) is 7.89. The van der Waals surface area contributed by atoms with E-state index in [9.17, 15) is 4.79 Å². The molecule has 0 spiro atoms. The van der Waals surface area contributed by atoms with Crippen LogP contribution in [0.25, 0.3) is 10.9 Å². The molecule has 0 aliphatic heterocycles. The maximum absolute atomic E-state index is 12.5. The van der Waals surface area contributed by atoms with E-state index in [1.807, 2.05) is 38.5 Å². The highest BCUT2D eigenvalue weighted by molar-refractivity contribution is 5.92. The summed E-state index contributed by atoms with van der Waals surface area (Å²) in [6, 6.07) is 5.79. The molecule has 1 heterocycles. The summed E-state index contributed by atoms with van der Waals surface area (Å²) in [6.07, 6.45) is 4.96. The largest absolute Gasteiger partial charge is 0.497 e. The van der Waals surface area contributed by atoms with Gasteiger partial charge in [-0.05, 0) is 51.1 Å². The lowest BCUT2D eigenvalue weighted by atomic mass is 10.1. The van der Waals surface area contributed by atoms with Crippen LogP contribution in [0.5, 0.6) is 5.75 Å². The molecule has 6 heteroatoms. The Labute approximate surface area is 148 Å². The number of hydrogen-bond donors (Lipinski definition) is 0. The number of nitrogens with zero attached hydrogens (tertiary/aromatic N) is 2. The lowest BCUT2D eigenvalue weighted by Crippen LogP contribution is -2.17. The van der Waals surface area contributed by atoms with Crippen molar-refractivity contribution in [3.8, 4) is 5.75 Å². The van der Waals surface area contributed by atoms with Gasteiger partial charge in [-0.2, -0.15) is 0 Å². The van der Waals surface area contributed by atoms with Crippen molar-refractivity contribution in [1.82, 2.24) is 9.47 Å². The van der Waals surface area contributed by atoms with E-state index in [1.165, 1.54) is 0 Å². The average molecular weight is 346 g/mol. The summed E-state index contributed by atoms with van der Waals surface area (Å²) in [5, 5.41) is 1.05. The number of carbonyl (C=O) groups is 1. The third-order valence-electron chi connectivity index (χ3n) is 4.31. The molecule has 3 rings (SSSR count). The molecule has 1 fully saturated rings. The van der Waals surface area contributed by atoms with Gasteiger partial charge in [-0.15, -0.1) is 0 Å². The van der Waals surface area contributed by atoms with Gasteiger partial charge in [0, 0.05) is 24.2 Å². The number of ether oxygens (including phenoxy) is 3. The van der Waals surface area contributed by atoms with Gasteiger partial charge in [-0.1, -0.05) is 0 Å². The van der Waals surface area contributed by atoms with Gasteiger partial charge in [0.05, 0.1) is 25.3 Å². The Kier molecular flexibility index (Phi) is 5.60. The van der Waals surface area contributed by atoms with E-state index >= 15 is 0 Å². The number of carbonyl (C=O) groups excluding carboxylic acids is 1. The Bertz CT molecular complexity index is 734. The van der Waals surface area contributed by atoms with Crippen molar-refractivity contribution in [2.75, 3.05) is 41.0 Å². The van der Waals surface area contributed by atoms with Gasteiger partial charge in [0.25, 0.3) is 0 Å². The van der Waals surface area contributed by atoms with Gasteiger partial charge < -0.3 is 19.1 Å². The third-order valence-corrected chi connectivity index (χ3v) is 4.31. The van der Waals surface area contributed by atoms with Crippen LogP contribution in [0.4, 0.5) is 4.79 Å². The van der Waals surface area contributed by atoms with Gasteiger partial charge in [0.1, 0.15) is 12.4 Å². The lowest BCUT2D eigenvalue weighted by Gasteiger charge is -2.08. The summed E-state index contributed by atoms with van der Waals surface area (Å²) in [5.41, 5.74) is 1.93. The Morgan fingerprint density at radius 1 is 1.28 bits per heavy atom. The number of aromatic nitrogens is 1. The molecule has 0 unspecified atom stereocenters. The molecule has 6 nitrogen and oxygen atoms in total. The minimum absolute atomic E-state index is 0.270. The molecule has 0 N–H and O–H groups in total. The van der Waals surface area contributed by atoms with Gasteiger partial charge in [-0.3, -0.25) is 4.57 Å². The molecule has 1 aromatic carbocycles. The maximum atomic E-state index is 12.5. The van der Waals surface area contributed by atoms with Crippen LogP contribution in [0.3, 0.4) is 0 Å². The van der Waals surface area contributed by atoms with Crippen LogP contribution in [-0.4, -0.2) is 62.6 Å². The number of likely N-dealkylation sites (N-methyl/N-ethyl adjacent to an activating group) is 1. The molecule has 2 aromatic rings. The molecule has 0 radical (unpaired) electrons. The van der Waals surface area contributed by atoms with Crippen LogP contribution in [0, 0.1) is 0 Å². The van der Waals surface area contributed by atoms with Gasteiger partial charge in [-0.25, -0.2) is 4.79 Å². The molecule has 0 amide bonds. The number of fused-ring (bicyclic) bond motifs is 1. The summed E-state index contributed by atoms with van der Waals surface area (Å²) in [4.78, 5) is 14.6. The second-order valence-electron chi connectivity index (χ2n) is 6.65. The van der Waals surface area contributed by atoms with Crippen molar-refractivity contribution < 1.29 is 19.0 Å². The molecule has 136 valence electrons. The fourth-order valence-electron chi connectivity index (χ4n) is 2.75. The van der Waals surface area contributed by atoms with Crippen LogP contribution in [0.1, 0.15) is 18.4 Å². The second-order valence-corrected chi connectivity index (χ2v) is 6.65. The Morgan fingerprint density at radius 3 is 2.76 bits per heavy atom. The maximum Gasteiger partial charge on any atom is 0.418 e. The average Bonchev–Trinajstić information content (AvgIpc) is 3.36. The van der Waals surface area contributed by atoms with Gasteiger partial charge in [0.15, 0.2) is 0 Å². The number of hydrogen-bond acceptors (Lipinski definition) is 5. The zero-order valence-electron chi connectivity index (χ0n) is 15.2. The number of methoxy groups -OCH3 is 1. The first-order chi connectivity index (χ1) is 12.1. The SMILES string of the molecule is COc1ccc2c(CCN(C)C)cn(C(=O)OCCOC3CC3)c2c1. The van der Waals surface area contributed by atoms with E-state index in [2.05, 4.69) is 4.90 Å². The molecule has 0 atom stereocenters. The predicted molar refractivity (Wildman–Crippen MR) is 96.5 cm³/mol. The lowest BCUT2D eigenvalue weighted by molar-refractivity contribution is 0.0650. The quantitative estimate of drug-likeness (QED) is 0.688. The summed E-state index contributed by atoms with van der Waals surface area (Å²) in [6.45, 7) is 1.63. The zero-order valence-corrected chi connectivity index (χ0v) is 15.2. The van der Waals surface area contributed by atoms with Crippen LogP contribution in [0.2, 0.25) is 0 Å². The van der Waals surface area contributed by atoms with Gasteiger partial charge >= 0.3 is 6.09 Å². The molecule has 1 saturated carbocycles. The normalized spacial score (nSPS) is 14.2. The number of rotatable bonds is 8. The van der Waals surface area contributed by atoms with Crippen molar-refractivity contribution in [3.63, 3.8) is 0 Å². The molecule has 1 aliphatic carbocycles. The summed E-state index contributed by atoms with van der Waals surface area (Å²) in [5.74, 6) is 0.718. The Hall–Kier alpha value is -2.05. The van der Waals surface area contributed by atoms with E-state index in [1.54, 1.807) is 11.7 Å². The van der Waals surface area contributed by atoms with Crippen molar-refractivity contribution >= 4 is 17.0 Å². The predicted octanol–water partition coefficient (Wildman–Crippen LogP) is 2.92. The molecule has 1 aromatic heterocycles. The van der Waals surface area contributed by atoms with E-state index in [-0.39, 0.29) is 12.7 Å². The van der Waals surface area contributed by atoms with Crippen molar-refractivity contribution in [2.45, 2.75) is 25.4 Å². The van der Waals surface area contributed by atoms with Crippen LogP contribution >= 0.6 is 0 Å². The fraction of sp³-hybridized carbons (Fsp3) is 0.526. The first-order valence-corrected chi connectivity index (χ1v) is 8.70. The van der Waals surface area contributed by atoms with E-state index < -0.39 is 0 Å². The third kappa shape index (κ3) is 4.52. The summed E-state index contributed by atoms with van der Waals surface area (Å²) >= 11 is 0. The first kappa shape index (κ1) is 17.8. The van der Waals surface area contributed by atoms with Crippen LogP contribution < -0.4 is 4.74 Å². The van der Waals surface area contributed by atoms with E-state index in [4.69, 9.17) is 14.2 Å². The molecule has 0 bridgehead atoms. The monoisotopic (exact) mass is 346 g/mol.